The van der Waals surface area contributed by atoms with Crippen LogP contribution in [0.25, 0.3) is 0 Å². The van der Waals surface area contributed by atoms with Crippen molar-refractivity contribution in [3.63, 3.8) is 0 Å². The van der Waals surface area contributed by atoms with Gasteiger partial charge in [0, 0.05) is 32.2 Å². The molecule has 8 heteroatoms. The monoisotopic (exact) mass is 429 g/mol. The summed E-state index contributed by atoms with van der Waals surface area (Å²) in [4.78, 5) is 7.34. The zero-order valence-corrected chi connectivity index (χ0v) is 19.5. The van der Waals surface area contributed by atoms with Gasteiger partial charge in [-0.15, -0.1) is 0 Å². The van der Waals surface area contributed by atoms with Crippen molar-refractivity contribution in [2.75, 3.05) is 51.6 Å². The van der Waals surface area contributed by atoms with Gasteiger partial charge >= 0.3 is 0 Å². The normalized spacial score (nSPS) is 20.7. The van der Waals surface area contributed by atoms with E-state index >= 15 is 0 Å². The van der Waals surface area contributed by atoms with Crippen LogP contribution in [-0.2, 0) is 10.0 Å². The minimum atomic E-state index is -3.07. The maximum Gasteiger partial charge on any atom is 0.214 e. The molecule has 0 aromatic rings. The van der Waals surface area contributed by atoms with Gasteiger partial charge in [-0.05, 0) is 71.5 Å². The summed E-state index contributed by atoms with van der Waals surface area (Å²) >= 11 is 0. The first-order chi connectivity index (χ1) is 14.0. The first-order valence-corrected chi connectivity index (χ1v) is 13.4. The Kier molecular flexibility index (Phi) is 11.3. The summed E-state index contributed by atoms with van der Waals surface area (Å²) in [6, 6.07) is 0.292. The number of aliphatic imine (C=N–C) groups is 1. The highest BCUT2D eigenvalue weighted by Crippen LogP contribution is 2.15. The maximum atomic E-state index is 12.2. The molecule has 0 aliphatic carbocycles. The third-order valence-electron chi connectivity index (χ3n) is 5.85. The first kappa shape index (κ1) is 24.4. The van der Waals surface area contributed by atoms with Gasteiger partial charge in [-0.2, -0.15) is 0 Å². The molecule has 0 amide bonds. The second-order valence-electron chi connectivity index (χ2n) is 8.36. The molecule has 2 heterocycles. The van der Waals surface area contributed by atoms with Crippen molar-refractivity contribution in [3.8, 4) is 0 Å². The van der Waals surface area contributed by atoms with Gasteiger partial charge in [-0.3, -0.25) is 4.99 Å². The third kappa shape index (κ3) is 9.22. The van der Waals surface area contributed by atoms with Crippen molar-refractivity contribution in [3.05, 3.63) is 0 Å². The fourth-order valence-electron chi connectivity index (χ4n) is 4.18. The van der Waals surface area contributed by atoms with Gasteiger partial charge in [-0.25, -0.2) is 12.7 Å². The molecular formula is C21H43N5O2S. The highest BCUT2D eigenvalue weighted by atomic mass is 32.2. The van der Waals surface area contributed by atoms with Crippen LogP contribution in [-0.4, -0.2) is 81.2 Å². The van der Waals surface area contributed by atoms with E-state index in [1.807, 2.05) is 6.92 Å². The number of hydrogen-bond donors (Lipinski definition) is 2. The lowest BCUT2D eigenvalue weighted by atomic mass is 10.1. The third-order valence-corrected chi connectivity index (χ3v) is 7.92. The largest absolute Gasteiger partial charge is 0.357 e. The van der Waals surface area contributed by atoms with Crippen molar-refractivity contribution in [1.82, 2.24) is 19.8 Å². The van der Waals surface area contributed by atoms with Crippen LogP contribution in [0.5, 0.6) is 0 Å². The quantitative estimate of drug-likeness (QED) is 0.300. The van der Waals surface area contributed by atoms with Gasteiger partial charge in [0.05, 0.1) is 5.75 Å². The predicted molar refractivity (Wildman–Crippen MR) is 122 cm³/mol. The van der Waals surface area contributed by atoms with Gasteiger partial charge in [0.25, 0.3) is 0 Å². The first-order valence-electron chi connectivity index (χ1n) is 11.8. The Morgan fingerprint density at radius 3 is 2.38 bits per heavy atom. The smallest absolute Gasteiger partial charge is 0.214 e. The number of rotatable bonds is 11. The van der Waals surface area contributed by atoms with Gasteiger partial charge < -0.3 is 15.5 Å². The van der Waals surface area contributed by atoms with Gasteiger partial charge in [0.1, 0.15) is 0 Å². The number of hydrogen-bond acceptors (Lipinski definition) is 4. The molecule has 7 nitrogen and oxygen atoms in total. The predicted octanol–water partition coefficient (Wildman–Crippen LogP) is 2.40. The van der Waals surface area contributed by atoms with E-state index in [0.717, 1.165) is 38.3 Å². The molecule has 2 fully saturated rings. The molecule has 0 spiro atoms. The molecule has 2 aliphatic rings. The highest BCUT2D eigenvalue weighted by Gasteiger charge is 2.27. The minimum Gasteiger partial charge on any atom is -0.357 e. The van der Waals surface area contributed by atoms with E-state index in [-0.39, 0.29) is 5.75 Å². The molecule has 0 bridgehead atoms. The van der Waals surface area contributed by atoms with E-state index in [1.165, 1.54) is 51.7 Å². The van der Waals surface area contributed by atoms with E-state index in [4.69, 9.17) is 4.99 Å². The number of unbranched alkanes of at least 4 members (excludes halogenated alkanes) is 2. The van der Waals surface area contributed by atoms with Crippen LogP contribution < -0.4 is 10.6 Å². The highest BCUT2D eigenvalue weighted by molar-refractivity contribution is 7.89. The standard InChI is InChI=1S/C21H43N5O2S/c1-3-19-29(27,28)26-17-11-20(12-18-26)24-21(22-4-2)23-13-7-5-8-14-25-15-9-6-10-16-25/h20H,3-19H2,1-2H3,(H2,22,23,24). The van der Waals surface area contributed by atoms with E-state index in [9.17, 15) is 8.42 Å². The molecule has 2 aliphatic heterocycles. The van der Waals surface area contributed by atoms with Crippen molar-refractivity contribution in [2.45, 2.75) is 77.7 Å². The Labute approximate surface area is 178 Å². The summed E-state index contributed by atoms with van der Waals surface area (Å²) < 4.78 is 26.1. The molecule has 170 valence electrons. The van der Waals surface area contributed by atoms with Gasteiger partial charge in [0.15, 0.2) is 5.96 Å². The molecule has 2 N–H and O–H groups in total. The Morgan fingerprint density at radius 2 is 1.72 bits per heavy atom. The van der Waals surface area contributed by atoms with Crippen LogP contribution >= 0.6 is 0 Å². The van der Waals surface area contributed by atoms with Gasteiger partial charge in [0.2, 0.25) is 10.0 Å². The summed E-state index contributed by atoms with van der Waals surface area (Å²) in [6.07, 6.45) is 10.1. The molecule has 0 aromatic heterocycles. The summed E-state index contributed by atoms with van der Waals surface area (Å²) in [5.74, 6) is 1.13. The average molecular weight is 430 g/mol. The minimum absolute atomic E-state index is 0.257. The van der Waals surface area contributed by atoms with Crippen LogP contribution in [0, 0.1) is 0 Å². The number of nitrogens with zero attached hydrogens (tertiary/aromatic N) is 3. The van der Waals surface area contributed by atoms with E-state index in [0.29, 0.717) is 25.6 Å². The Morgan fingerprint density at radius 1 is 1.00 bits per heavy atom. The van der Waals surface area contributed by atoms with Crippen LogP contribution in [0.1, 0.15) is 71.6 Å². The van der Waals surface area contributed by atoms with Crippen molar-refractivity contribution < 1.29 is 8.42 Å². The molecule has 29 heavy (non-hydrogen) atoms. The zero-order valence-electron chi connectivity index (χ0n) is 18.7. The number of nitrogens with one attached hydrogen (secondary N) is 2. The summed E-state index contributed by atoms with van der Waals surface area (Å²) in [5, 5.41) is 6.85. The van der Waals surface area contributed by atoms with Gasteiger partial charge in [-0.1, -0.05) is 19.8 Å². The molecular weight excluding hydrogens is 386 g/mol. The molecule has 0 unspecified atom stereocenters. The number of likely N-dealkylation sites (tertiary alicyclic amines) is 1. The molecule has 2 rings (SSSR count). The van der Waals surface area contributed by atoms with E-state index in [2.05, 4.69) is 22.5 Å². The lowest BCUT2D eigenvalue weighted by Crippen LogP contribution is -2.50. The van der Waals surface area contributed by atoms with E-state index in [1.54, 1.807) is 4.31 Å². The molecule has 0 radical (unpaired) electrons. The summed E-state index contributed by atoms with van der Waals surface area (Å²) in [5.41, 5.74) is 0. The van der Waals surface area contributed by atoms with Crippen LogP contribution in [0.4, 0.5) is 0 Å². The number of sulfonamides is 1. The molecule has 2 saturated heterocycles. The SMILES string of the molecule is CCCS(=O)(=O)N1CCC(NC(=NCCCCCN2CCCCC2)NCC)CC1. The van der Waals surface area contributed by atoms with E-state index < -0.39 is 10.0 Å². The Hall–Kier alpha value is -0.860. The second kappa shape index (κ2) is 13.4. The van der Waals surface area contributed by atoms with Crippen molar-refractivity contribution >= 4 is 16.0 Å². The van der Waals surface area contributed by atoms with Crippen molar-refractivity contribution in [2.24, 2.45) is 4.99 Å². The summed E-state index contributed by atoms with van der Waals surface area (Å²) in [7, 11) is -3.07. The molecule has 0 saturated carbocycles. The lowest BCUT2D eigenvalue weighted by molar-refractivity contribution is 0.224. The lowest BCUT2D eigenvalue weighted by Gasteiger charge is -2.32. The van der Waals surface area contributed by atoms with Crippen LogP contribution in [0.3, 0.4) is 0 Å². The fourth-order valence-corrected chi connectivity index (χ4v) is 5.72. The van der Waals surface area contributed by atoms with Crippen LogP contribution in [0.15, 0.2) is 4.99 Å². The maximum absolute atomic E-state index is 12.2. The van der Waals surface area contributed by atoms with Crippen LogP contribution in [0.2, 0.25) is 0 Å². The Balaban J connectivity index is 1.65. The molecule has 0 atom stereocenters. The second-order valence-corrected chi connectivity index (χ2v) is 10.4. The average Bonchev–Trinajstić information content (AvgIpc) is 2.72. The Bertz CT molecular complexity index is 568. The molecule has 0 aromatic carbocycles. The number of piperidine rings is 2. The number of guanidine groups is 1. The summed E-state index contributed by atoms with van der Waals surface area (Å²) in [6.45, 7) is 10.7. The fraction of sp³-hybridized carbons (Fsp3) is 0.952. The van der Waals surface area contributed by atoms with Crippen molar-refractivity contribution in [1.29, 1.82) is 0 Å². The topological polar surface area (TPSA) is 77.0 Å². The zero-order chi connectivity index (χ0) is 21.0.